The molecule has 7 nitrogen and oxygen atoms in total. The molecule has 3 rings (SSSR count). The third kappa shape index (κ3) is 8.07. The second-order valence-electron chi connectivity index (χ2n) is 9.70. The second-order valence-corrected chi connectivity index (χ2v) is 12.0. The molecule has 3 aromatic rings. The van der Waals surface area contributed by atoms with Gasteiger partial charge in [0.15, 0.2) is 0 Å². The van der Waals surface area contributed by atoms with Gasteiger partial charge in [-0.25, -0.2) is 8.42 Å². The lowest BCUT2D eigenvalue weighted by Gasteiger charge is -2.34. The molecule has 1 N–H and O–H groups in total. The van der Waals surface area contributed by atoms with Gasteiger partial charge < -0.3 is 10.2 Å². The lowest BCUT2D eigenvalue weighted by atomic mass is 10.0. The molecule has 0 aromatic heterocycles. The van der Waals surface area contributed by atoms with Gasteiger partial charge in [0.25, 0.3) is 0 Å². The molecule has 0 radical (unpaired) electrons. The van der Waals surface area contributed by atoms with Crippen LogP contribution in [0.5, 0.6) is 0 Å². The fraction of sp³-hybridized carbons (Fsp3) is 0.333. The molecule has 0 saturated heterocycles. The highest BCUT2D eigenvalue weighted by Crippen LogP contribution is 2.29. The third-order valence-electron chi connectivity index (χ3n) is 6.43. The van der Waals surface area contributed by atoms with Crippen molar-refractivity contribution in [1.82, 2.24) is 10.2 Å². The highest BCUT2D eigenvalue weighted by atomic mass is 35.5. The van der Waals surface area contributed by atoms with E-state index >= 15 is 0 Å². The summed E-state index contributed by atoms with van der Waals surface area (Å²) >= 11 is 6.46. The Hall–Kier alpha value is -3.36. The number of nitrogens with zero attached hydrogens (tertiary/aromatic N) is 2. The number of sulfonamides is 1. The first-order valence-corrected chi connectivity index (χ1v) is 15.2. The van der Waals surface area contributed by atoms with Gasteiger partial charge in [-0.2, -0.15) is 0 Å². The van der Waals surface area contributed by atoms with Gasteiger partial charge >= 0.3 is 0 Å². The number of carbonyl (C=O) groups is 2. The number of carbonyl (C=O) groups excluding carboxylic acids is 2. The van der Waals surface area contributed by atoms with Crippen LogP contribution in [-0.4, -0.2) is 50.5 Å². The van der Waals surface area contributed by atoms with Crippen molar-refractivity contribution in [1.29, 1.82) is 0 Å². The van der Waals surface area contributed by atoms with Crippen molar-refractivity contribution in [2.75, 3.05) is 23.7 Å². The van der Waals surface area contributed by atoms with E-state index in [1.807, 2.05) is 69.3 Å². The van der Waals surface area contributed by atoms with Crippen LogP contribution in [0.3, 0.4) is 0 Å². The number of nitrogens with one attached hydrogen (secondary N) is 1. The third-order valence-corrected chi connectivity index (χ3v) is 7.92. The van der Waals surface area contributed by atoms with Gasteiger partial charge in [0.1, 0.15) is 12.6 Å². The van der Waals surface area contributed by atoms with E-state index in [1.165, 1.54) is 4.90 Å². The minimum Gasteiger partial charge on any atom is -0.355 e. The number of amides is 2. The van der Waals surface area contributed by atoms with Crippen molar-refractivity contribution in [3.8, 4) is 0 Å². The lowest BCUT2D eigenvalue weighted by Crippen LogP contribution is -2.53. The Morgan fingerprint density at radius 1 is 0.923 bits per heavy atom. The van der Waals surface area contributed by atoms with Crippen LogP contribution in [0.4, 0.5) is 5.69 Å². The summed E-state index contributed by atoms with van der Waals surface area (Å²) in [6.07, 6.45) is 1.34. The van der Waals surface area contributed by atoms with Crippen molar-refractivity contribution < 1.29 is 18.0 Å². The van der Waals surface area contributed by atoms with Crippen molar-refractivity contribution in [3.05, 3.63) is 101 Å². The predicted molar refractivity (Wildman–Crippen MR) is 157 cm³/mol. The standard InChI is InChI=1S/C30H36ClN3O4S/c1-5-32-30(36)28(19-23-13-7-6-8-14-23)33(20-24-15-9-11-17-26(24)31)29(35)21-34(39(4,37)38)27-18-12-10-16-25(27)22(2)3/h6-18,22,28H,5,19-21H2,1-4H3,(H,32,36)/t28-/m0/s1. The molecule has 0 aliphatic heterocycles. The Labute approximate surface area is 236 Å². The summed E-state index contributed by atoms with van der Waals surface area (Å²) < 4.78 is 27.2. The van der Waals surface area contributed by atoms with Crippen LogP contribution in [0.1, 0.15) is 43.4 Å². The van der Waals surface area contributed by atoms with Gasteiger partial charge in [-0.15, -0.1) is 0 Å². The molecule has 208 valence electrons. The zero-order valence-corrected chi connectivity index (χ0v) is 24.4. The van der Waals surface area contributed by atoms with E-state index in [4.69, 9.17) is 11.6 Å². The predicted octanol–water partition coefficient (Wildman–Crippen LogP) is 5.01. The SMILES string of the molecule is CCNC(=O)[C@H](Cc1ccccc1)N(Cc1ccccc1Cl)C(=O)CN(c1ccccc1C(C)C)S(C)(=O)=O. The van der Waals surface area contributed by atoms with Crippen molar-refractivity contribution >= 4 is 39.1 Å². The molecule has 0 unspecified atom stereocenters. The molecule has 0 saturated carbocycles. The number of rotatable bonds is 12. The van der Waals surface area contributed by atoms with E-state index in [2.05, 4.69) is 5.32 Å². The molecule has 3 aromatic carbocycles. The second kappa shape index (κ2) is 13.6. The number of benzene rings is 3. The van der Waals surface area contributed by atoms with Gasteiger partial charge in [0, 0.05) is 24.5 Å². The van der Waals surface area contributed by atoms with Gasteiger partial charge in [-0.1, -0.05) is 92.2 Å². The van der Waals surface area contributed by atoms with Crippen molar-refractivity contribution in [3.63, 3.8) is 0 Å². The number of anilines is 1. The number of hydrogen-bond acceptors (Lipinski definition) is 4. The van der Waals surface area contributed by atoms with E-state index in [0.29, 0.717) is 22.8 Å². The molecule has 0 spiro atoms. The average Bonchev–Trinajstić information content (AvgIpc) is 2.90. The average molecular weight is 570 g/mol. The number of para-hydroxylation sites is 1. The quantitative estimate of drug-likeness (QED) is 0.332. The Bertz CT molecular complexity index is 1380. The molecule has 1 atom stereocenters. The minimum atomic E-state index is -3.84. The molecule has 9 heteroatoms. The molecular weight excluding hydrogens is 534 g/mol. The summed E-state index contributed by atoms with van der Waals surface area (Å²) in [6, 6.07) is 22.8. The Morgan fingerprint density at radius 2 is 1.54 bits per heavy atom. The molecule has 0 bridgehead atoms. The molecule has 39 heavy (non-hydrogen) atoms. The summed E-state index contributed by atoms with van der Waals surface area (Å²) in [5.41, 5.74) is 2.77. The summed E-state index contributed by atoms with van der Waals surface area (Å²) in [5.74, 6) is -0.803. The number of halogens is 1. The van der Waals surface area contributed by atoms with E-state index in [0.717, 1.165) is 21.7 Å². The molecule has 0 aliphatic carbocycles. The van der Waals surface area contributed by atoms with Crippen LogP contribution >= 0.6 is 11.6 Å². The summed E-state index contributed by atoms with van der Waals surface area (Å²) in [5, 5.41) is 3.30. The molecule has 0 fully saturated rings. The summed E-state index contributed by atoms with van der Waals surface area (Å²) in [6.45, 7) is 5.71. The highest BCUT2D eigenvalue weighted by molar-refractivity contribution is 7.92. The fourth-order valence-electron chi connectivity index (χ4n) is 4.45. The Balaban J connectivity index is 2.09. The maximum Gasteiger partial charge on any atom is 0.244 e. The Morgan fingerprint density at radius 3 is 2.15 bits per heavy atom. The first kappa shape index (κ1) is 30.2. The van der Waals surface area contributed by atoms with Gasteiger partial charge in [0.2, 0.25) is 21.8 Å². The summed E-state index contributed by atoms with van der Waals surface area (Å²) in [4.78, 5) is 28.9. The van der Waals surface area contributed by atoms with Gasteiger partial charge in [-0.3, -0.25) is 13.9 Å². The van der Waals surface area contributed by atoms with E-state index in [1.54, 1.807) is 30.3 Å². The molecule has 0 aliphatic rings. The first-order valence-electron chi connectivity index (χ1n) is 12.9. The normalized spacial score (nSPS) is 12.2. The van der Waals surface area contributed by atoms with Gasteiger partial charge in [-0.05, 0) is 41.7 Å². The van der Waals surface area contributed by atoms with Crippen LogP contribution in [0.15, 0.2) is 78.9 Å². The van der Waals surface area contributed by atoms with E-state index < -0.39 is 28.5 Å². The minimum absolute atomic E-state index is 0.0286. The fourth-order valence-corrected chi connectivity index (χ4v) is 5.52. The van der Waals surface area contributed by atoms with Crippen molar-refractivity contribution in [2.24, 2.45) is 0 Å². The molecular formula is C30H36ClN3O4S. The van der Waals surface area contributed by atoms with E-state index in [9.17, 15) is 18.0 Å². The largest absolute Gasteiger partial charge is 0.355 e. The van der Waals surface area contributed by atoms with Crippen LogP contribution in [0.25, 0.3) is 0 Å². The monoisotopic (exact) mass is 569 g/mol. The Kier molecular flexibility index (Phi) is 10.5. The molecule has 0 heterocycles. The lowest BCUT2D eigenvalue weighted by molar-refractivity contribution is -0.140. The maximum absolute atomic E-state index is 14.1. The van der Waals surface area contributed by atoms with Crippen LogP contribution < -0.4 is 9.62 Å². The highest BCUT2D eigenvalue weighted by Gasteiger charge is 2.33. The first-order chi connectivity index (χ1) is 18.5. The molecule has 2 amide bonds. The summed E-state index contributed by atoms with van der Waals surface area (Å²) in [7, 11) is -3.84. The topological polar surface area (TPSA) is 86.8 Å². The van der Waals surface area contributed by atoms with E-state index in [-0.39, 0.29) is 24.8 Å². The zero-order chi connectivity index (χ0) is 28.6. The van der Waals surface area contributed by atoms with Crippen molar-refractivity contribution in [2.45, 2.75) is 45.7 Å². The van der Waals surface area contributed by atoms with Crippen LogP contribution in [0, 0.1) is 0 Å². The maximum atomic E-state index is 14.1. The van der Waals surface area contributed by atoms with Crippen LogP contribution in [-0.2, 0) is 32.6 Å². The van der Waals surface area contributed by atoms with Gasteiger partial charge in [0.05, 0.1) is 11.9 Å². The number of likely N-dealkylation sites (N-methyl/N-ethyl adjacent to an activating group) is 1. The number of hydrogen-bond donors (Lipinski definition) is 1. The smallest absolute Gasteiger partial charge is 0.244 e. The zero-order valence-electron chi connectivity index (χ0n) is 22.8. The van der Waals surface area contributed by atoms with Crippen LogP contribution in [0.2, 0.25) is 5.02 Å².